The van der Waals surface area contributed by atoms with Gasteiger partial charge in [0, 0.05) is 0 Å². The van der Waals surface area contributed by atoms with E-state index in [9.17, 15) is 61.8 Å². The van der Waals surface area contributed by atoms with Gasteiger partial charge in [-0.3, -0.25) is 9.13 Å². The van der Waals surface area contributed by atoms with Gasteiger partial charge in [-0.2, -0.15) is 43.9 Å². The second-order valence-electron chi connectivity index (χ2n) is 5.77. The molecule has 0 rings (SSSR count). The van der Waals surface area contributed by atoms with Crippen molar-refractivity contribution >= 4 is 15.2 Å². The van der Waals surface area contributed by atoms with E-state index in [1.54, 1.807) is 0 Å². The lowest BCUT2D eigenvalue weighted by molar-refractivity contribution is -0.361. The van der Waals surface area contributed by atoms with Crippen LogP contribution in [-0.4, -0.2) is 68.2 Å². The van der Waals surface area contributed by atoms with Crippen LogP contribution in [0.5, 0.6) is 0 Å². The highest BCUT2D eigenvalue weighted by atomic mass is 31.2. The lowest BCUT2D eigenvalue weighted by atomic mass is 10.3. The van der Waals surface area contributed by atoms with E-state index in [2.05, 4.69) is 9.47 Å². The molecule has 0 saturated heterocycles. The van der Waals surface area contributed by atoms with Crippen molar-refractivity contribution in [3.63, 3.8) is 0 Å². The predicted molar refractivity (Wildman–Crippen MR) is 74.9 cm³/mol. The fraction of sp³-hybridized carbons (Fsp3) is 1.00. The van der Waals surface area contributed by atoms with Crippen LogP contribution in [0.1, 0.15) is 12.8 Å². The quantitative estimate of drug-likeness (QED) is 0.174. The van der Waals surface area contributed by atoms with Gasteiger partial charge in [0.05, 0.1) is 13.2 Å². The molecule has 4 N–H and O–H groups in total. The van der Waals surface area contributed by atoms with E-state index >= 15 is 0 Å². The number of rotatable bonds is 11. The van der Waals surface area contributed by atoms with Crippen molar-refractivity contribution in [2.24, 2.45) is 0 Å². The lowest BCUT2D eigenvalue weighted by Crippen LogP contribution is -2.56. The molecule has 0 saturated carbocycles. The Morgan fingerprint density at radius 1 is 0.531 bits per heavy atom. The molecule has 22 heteroatoms. The molecule has 0 aliphatic rings. The zero-order chi connectivity index (χ0) is 26.2. The van der Waals surface area contributed by atoms with Gasteiger partial charge >= 0.3 is 50.6 Å². The molecule has 2 unspecified atom stereocenters. The molecule has 0 radical (unpaired) electrons. The number of unbranched alkanes of at least 4 members (excludes halogenated alkanes) is 1. The van der Waals surface area contributed by atoms with Crippen LogP contribution >= 0.6 is 15.2 Å². The Labute approximate surface area is 168 Å². The molecule has 0 aliphatic carbocycles. The Morgan fingerprint density at radius 3 is 0.906 bits per heavy atom. The summed E-state index contributed by atoms with van der Waals surface area (Å²) in [5.41, 5.74) is 0. The summed E-state index contributed by atoms with van der Waals surface area (Å²) in [4.78, 5) is 33.2. The summed E-state index contributed by atoms with van der Waals surface area (Å²) in [5, 5.41) is -13.1. The minimum Gasteiger partial charge on any atom is -0.322 e. The van der Waals surface area contributed by atoms with Gasteiger partial charge in [-0.05, 0) is 12.8 Å². The molecule has 0 heterocycles. The first-order valence-corrected chi connectivity index (χ1v) is 10.6. The average Bonchev–Trinajstić information content (AvgIpc) is 2.51. The Bertz CT molecular complexity index is 683. The van der Waals surface area contributed by atoms with Crippen molar-refractivity contribution in [3.8, 4) is 0 Å². The normalized spacial score (nSPS) is 18.9. The van der Waals surface area contributed by atoms with Gasteiger partial charge in [0.15, 0.2) is 0 Å². The van der Waals surface area contributed by atoms with Crippen molar-refractivity contribution in [1.29, 1.82) is 0 Å². The number of halogens is 12. The topological polar surface area (TPSA) is 134 Å². The summed E-state index contributed by atoms with van der Waals surface area (Å²) >= 11 is 0. The van der Waals surface area contributed by atoms with Crippen molar-refractivity contribution in [1.82, 2.24) is 0 Å². The highest BCUT2D eigenvalue weighted by Gasteiger charge is 2.83. The van der Waals surface area contributed by atoms with Gasteiger partial charge in [0.25, 0.3) is 0 Å². The summed E-state index contributed by atoms with van der Waals surface area (Å²) in [6.07, 6.45) is -28.6. The first-order valence-electron chi connectivity index (χ1n) is 7.37. The molecule has 2 atom stereocenters. The molecule has 0 amide bonds. The van der Waals surface area contributed by atoms with Gasteiger partial charge in [-0.15, -0.1) is 0 Å². The molecule has 0 aliphatic heterocycles. The van der Waals surface area contributed by atoms with E-state index in [1.165, 1.54) is 0 Å². The third-order valence-electron chi connectivity index (χ3n) is 3.43. The number of ether oxygens (including phenoxy) is 2. The Kier molecular flexibility index (Phi) is 9.02. The van der Waals surface area contributed by atoms with Crippen LogP contribution in [-0.2, 0) is 18.6 Å². The molecule has 32 heavy (non-hydrogen) atoms. The summed E-state index contributed by atoms with van der Waals surface area (Å²) < 4.78 is 183. The minimum atomic E-state index is -7.28. The van der Waals surface area contributed by atoms with Gasteiger partial charge in [0.1, 0.15) is 0 Å². The van der Waals surface area contributed by atoms with Crippen molar-refractivity contribution < 1.29 is 90.9 Å². The predicted octanol–water partition coefficient (Wildman–Crippen LogP) is 3.80. The smallest absolute Gasteiger partial charge is 0.322 e. The largest absolute Gasteiger partial charge is 0.443 e. The maximum Gasteiger partial charge on any atom is 0.443 e. The molecule has 0 spiro atoms. The average molecular weight is 550 g/mol. The van der Waals surface area contributed by atoms with Crippen molar-refractivity contribution in [2.75, 3.05) is 13.2 Å². The highest BCUT2D eigenvalue weighted by Crippen LogP contribution is 2.67. The van der Waals surface area contributed by atoms with E-state index in [-0.39, 0.29) is 0 Å². The van der Waals surface area contributed by atoms with Crippen LogP contribution in [0.25, 0.3) is 0 Å². The van der Waals surface area contributed by atoms with E-state index in [0.717, 1.165) is 0 Å². The Hall–Kier alpha value is -0.620. The molecular weight excluding hydrogens is 538 g/mol. The third kappa shape index (κ3) is 5.71. The summed E-state index contributed by atoms with van der Waals surface area (Å²) in [7, 11) is -14.6. The molecule has 194 valence electrons. The van der Waals surface area contributed by atoms with Crippen LogP contribution in [0.15, 0.2) is 0 Å². The van der Waals surface area contributed by atoms with Crippen LogP contribution in [0.2, 0.25) is 0 Å². The number of hydrogen-bond donors (Lipinski definition) is 4. The molecule has 0 aromatic carbocycles. The first-order chi connectivity index (χ1) is 13.7. The standard InChI is InChI=1S/C10H12F12O8P2/c11-5(7(13,14)15,31(23,24)25)9(19,20)29-3-1-2-4-30-10(21,22)6(12,8(16,17)18)32(26,27)28/h1-4H2,(H2,23,24,25)(H2,26,27,28). The van der Waals surface area contributed by atoms with E-state index < -0.39 is 76.6 Å². The first kappa shape index (κ1) is 31.4. The lowest BCUT2D eigenvalue weighted by Gasteiger charge is -2.34. The third-order valence-corrected chi connectivity index (χ3v) is 6.06. The zero-order valence-corrected chi connectivity index (χ0v) is 16.5. The molecular formula is C10H12F12O8P2. The molecule has 0 fully saturated rings. The van der Waals surface area contributed by atoms with E-state index in [4.69, 9.17) is 19.6 Å². The molecule has 0 bridgehead atoms. The summed E-state index contributed by atoms with van der Waals surface area (Å²) in [6, 6.07) is 0. The Morgan fingerprint density at radius 2 is 0.750 bits per heavy atom. The van der Waals surface area contributed by atoms with Gasteiger partial charge in [-0.1, -0.05) is 0 Å². The second-order valence-corrected chi connectivity index (χ2v) is 9.17. The van der Waals surface area contributed by atoms with Gasteiger partial charge in [0.2, 0.25) is 0 Å². The number of alkyl halides is 12. The minimum absolute atomic E-state index is 1.18. The Balaban J connectivity index is 5.15. The fourth-order valence-electron chi connectivity index (χ4n) is 1.80. The van der Waals surface area contributed by atoms with Crippen molar-refractivity contribution in [2.45, 2.75) is 48.2 Å². The molecule has 0 aromatic heterocycles. The summed E-state index contributed by atoms with van der Waals surface area (Å²) in [5.74, 6) is 0. The maximum atomic E-state index is 13.6. The molecule has 8 nitrogen and oxygen atoms in total. The maximum absolute atomic E-state index is 13.6. The zero-order valence-electron chi connectivity index (χ0n) is 14.7. The summed E-state index contributed by atoms with van der Waals surface area (Å²) in [6.45, 7) is -3.55. The SMILES string of the molecule is O=P(O)(O)C(F)(C(F)(F)F)C(F)(F)OCCCCOC(F)(F)C(F)(C(F)(F)F)P(=O)(O)O. The monoisotopic (exact) mass is 550 g/mol. The second kappa shape index (κ2) is 9.20. The molecule has 0 aromatic rings. The van der Waals surface area contributed by atoms with Crippen LogP contribution in [0, 0.1) is 0 Å². The van der Waals surface area contributed by atoms with Crippen molar-refractivity contribution in [3.05, 3.63) is 0 Å². The van der Waals surface area contributed by atoms with Crippen LogP contribution in [0.4, 0.5) is 52.7 Å². The van der Waals surface area contributed by atoms with Crippen LogP contribution in [0.3, 0.4) is 0 Å². The van der Waals surface area contributed by atoms with Gasteiger partial charge < -0.3 is 29.0 Å². The highest BCUT2D eigenvalue weighted by molar-refractivity contribution is 7.53. The van der Waals surface area contributed by atoms with E-state index in [0.29, 0.717) is 0 Å². The number of hydrogen-bond acceptors (Lipinski definition) is 4. The van der Waals surface area contributed by atoms with Crippen LogP contribution < -0.4 is 0 Å². The fourth-order valence-corrected chi connectivity index (χ4v) is 3.26. The van der Waals surface area contributed by atoms with Gasteiger partial charge in [-0.25, -0.2) is 8.78 Å². The van der Waals surface area contributed by atoms with E-state index in [1.807, 2.05) is 0 Å².